The molecule has 0 saturated heterocycles. The van der Waals surface area contributed by atoms with Gasteiger partial charge in [0, 0.05) is 5.56 Å². The third-order valence-electron chi connectivity index (χ3n) is 5.51. The van der Waals surface area contributed by atoms with E-state index in [4.69, 9.17) is 9.47 Å². The number of alkyl halides is 1. The average Bonchev–Trinajstić information content (AvgIpc) is 3.03. The van der Waals surface area contributed by atoms with Gasteiger partial charge in [0.15, 0.2) is 23.0 Å². The fourth-order valence-corrected chi connectivity index (χ4v) is 5.21. The van der Waals surface area contributed by atoms with Gasteiger partial charge in [0.2, 0.25) is 0 Å². The highest BCUT2D eigenvalue weighted by Crippen LogP contribution is 2.62. The fourth-order valence-electron chi connectivity index (χ4n) is 4.27. The number of fused-ring (bicyclic) bond motifs is 6. The minimum Gasteiger partial charge on any atom is -0.449 e. The highest BCUT2D eigenvalue weighted by Gasteiger charge is 2.45. The molecule has 4 aromatic carbocycles. The second-order valence-corrected chi connectivity index (χ2v) is 8.23. The molecule has 0 fully saturated rings. The van der Waals surface area contributed by atoms with Crippen molar-refractivity contribution >= 4 is 15.9 Å². The summed E-state index contributed by atoms with van der Waals surface area (Å²) in [5.74, 6) is 3.01. The molecule has 1 unspecified atom stereocenters. The Morgan fingerprint density at radius 3 is 2.07 bits per heavy atom. The van der Waals surface area contributed by atoms with Gasteiger partial charge < -0.3 is 9.47 Å². The molecule has 134 valence electrons. The van der Waals surface area contributed by atoms with Gasteiger partial charge >= 0.3 is 0 Å². The van der Waals surface area contributed by atoms with Crippen molar-refractivity contribution in [2.45, 2.75) is 4.32 Å². The monoisotopic (exact) mass is 426 g/mol. The molecule has 0 N–H and O–H groups in total. The van der Waals surface area contributed by atoms with Gasteiger partial charge in [-0.15, -0.1) is 0 Å². The van der Waals surface area contributed by atoms with Crippen LogP contribution in [-0.4, -0.2) is 0 Å². The van der Waals surface area contributed by atoms with E-state index in [-0.39, 0.29) is 0 Å². The summed E-state index contributed by atoms with van der Waals surface area (Å²) in [6.07, 6.45) is 0. The van der Waals surface area contributed by atoms with Crippen molar-refractivity contribution in [3.63, 3.8) is 0 Å². The third kappa shape index (κ3) is 2.02. The van der Waals surface area contributed by atoms with Crippen LogP contribution in [0.3, 0.4) is 0 Å². The molecule has 0 spiro atoms. The van der Waals surface area contributed by atoms with Crippen molar-refractivity contribution in [1.82, 2.24) is 0 Å². The minimum absolute atomic E-state index is 0.421. The van der Waals surface area contributed by atoms with Crippen LogP contribution in [-0.2, 0) is 4.32 Å². The molecule has 0 bridgehead atoms. The first kappa shape index (κ1) is 16.0. The van der Waals surface area contributed by atoms with E-state index in [0.717, 1.165) is 34.1 Å². The van der Waals surface area contributed by atoms with E-state index in [1.807, 2.05) is 36.4 Å². The third-order valence-corrected chi connectivity index (χ3v) is 6.83. The lowest BCUT2D eigenvalue weighted by Gasteiger charge is -2.27. The predicted molar refractivity (Wildman–Crippen MR) is 114 cm³/mol. The first-order valence-corrected chi connectivity index (χ1v) is 10.0. The van der Waals surface area contributed by atoms with Crippen LogP contribution in [0.2, 0.25) is 0 Å². The summed E-state index contributed by atoms with van der Waals surface area (Å²) in [4.78, 5) is 0. The summed E-state index contributed by atoms with van der Waals surface area (Å²) >= 11 is 4.11. The van der Waals surface area contributed by atoms with E-state index in [2.05, 4.69) is 70.5 Å². The zero-order chi connectivity index (χ0) is 18.7. The Morgan fingerprint density at radius 2 is 1.25 bits per heavy atom. The highest BCUT2D eigenvalue weighted by molar-refractivity contribution is 9.10. The van der Waals surface area contributed by atoms with Crippen molar-refractivity contribution in [2.24, 2.45) is 0 Å². The second kappa shape index (κ2) is 5.73. The van der Waals surface area contributed by atoms with Crippen molar-refractivity contribution in [2.75, 3.05) is 0 Å². The molecule has 1 aliphatic carbocycles. The Morgan fingerprint density at radius 1 is 0.571 bits per heavy atom. The number of hydrogen-bond acceptors (Lipinski definition) is 2. The van der Waals surface area contributed by atoms with Crippen molar-refractivity contribution < 1.29 is 9.47 Å². The average molecular weight is 427 g/mol. The molecule has 2 nitrogen and oxygen atoms in total. The molecule has 3 heteroatoms. The minimum atomic E-state index is -0.421. The van der Waals surface area contributed by atoms with Gasteiger partial charge in [-0.1, -0.05) is 88.7 Å². The summed E-state index contributed by atoms with van der Waals surface area (Å²) in [5.41, 5.74) is 5.83. The number of ether oxygens (including phenoxy) is 2. The van der Waals surface area contributed by atoms with Crippen molar-refractivity contribution in [3.8, 4) is 34.1 Å². The lowest BCUT2D eigenvalue weighted by atomic mass is 9.89. The molecule has 1 atom stereocenters. The van der Waals surface area contributed by atoms with Crippen LogP contribution in [0.1, 0.15) is 16.7 Å². The van der Waals surface area contributed by atoms with E-state index in [1.165, 1.54) is 16.7 Å². The molecule has 6 rings (SSSR count). The molecule has 4 aromatic rings. The van der Waals surface area contributed by atoms with Gasteiger partial charge in [-0.2, -0.15) is 0 Å². The Bertz CT molecular complexity index is 1230. The maximum atomic E-state index is 6.36. The maximum Gasteiger partial charge on any atom is 0.178 e. The lowest BCUT2D eigenvalue weighted by molar-refractivity contribution is 0.360. The molecule has 1 aliphatic heterocycles. The Hall–Kier alpha value is -3.04. The van der Waals surface area contributed by atoms with Crippen LogP contribution in [0.25, 0.3) is 11.1 Å². The lowest BCUT2D eigenvalue weighted by Crippen LogP contribution is -2.18. The van der Waals surface area contributed by atoms with Crippen LogP contribution < -0.4 is 9.47 Å². The summed E-state index contributed by atoms with van der Waals surface area (Å²) in [6.45, 7) is 0. The summed E-state index contributed by atoms with van der Waals surface area (Å²) in [7, 11) is 0. The van der Waals surface area contributed by atoms with E-state index >= 15 is 0 Å². The first-order valence-electron chi connectivity index (χ1n) is 9.23. The molecule has 2 aliphatic rings. The Balaban J connectivity index is 1.65. The standard InChI is InChI=1S/C25H15BrO2/c26-25(16-8-2-1-3-9-16)18-11-5-4-10-17(18)23-19(25)14-15-22-24(23)28-21-13-7-6-12-20(21)27-22/h1-15H. The first-order chi connectivity index (χ1) is 13.8. The van der Waals surface area contributed by atoms with Crippen molar-refractivity contribution in [3.05, 3.63) is 108 Å². The molecular formula is C25H15BrO2. The zero-order valence-corrected chi connectivity index (χ0v) is 16.4. The van der Waals surface area contributed by atoms with E-state index < -0.39 is 4.32 Å². The number of rotatable bonds is 1. The van der Waals surface area contributed by atoms with Gasteiger partial charge in [0.05, 0.1) is 0 Å². The summed E-state index contributed by atoms with van der Waals surface area (Å²) in [6, 6.07) is 31.0. The van der Waals surface area contributed by atoms with Crippen LogP contribution in [0, 0.1) is 0 Å². The van der Waals surface area contributed by atoms with E-state index in [9.17, 15) is 0 Å². The molecule has 0 aromatic heterocycles. The van der Waals surface area contributed by atoms with Crippen LogP contribution in [0.15, 0.2) is 91.0 Å². The molecule has 0 amide bonds. The molecule has 0 saturated carbocycles. The quantitative estimate of drug-likeness (QED) is 0.262. The molecule has 1 heterocycles. The number of benzene rings is 4. The number of para-hydroxylation sites is 2. The smallest absolute Gasteiger partial charge is 0.178 e. The van der Waals surface area contributed by atoms with Crippen molar-refractivity contribution in [1.29, 1.82) is 0 Å². The van der Waals surface area contributed by atoms with Crippen LogP contribution in [0.4, 0.5) is 0 Å². The number of hydrogen-bond donors (Lipinski definition) is 0. The Labute approximate surface area is 171 Å². The predicted octanol–water partition coefficient (Wildman–Crippen LogP) is 7.25. The van der Waals surface area contributed by atoms with E-state index in [1.54, 1.807) is 0 Å². The number of halogens is 1. The molecule has 28 heavy (non-hydrogen) atoms. The van der Waals surface area contributed by atoms with Gasteiger partial charge in [-0.3, -0.25) is 0 Å². The summed E-state index contributed by atoms with van der Waals surface area (Å²) in [5, 5.41) is 0. The SMILES string of the molecule is BrC1(c2ccccc2)c2ccccc2-c2c1ccc1c2Oc2ccccc2O1. The van der Waals surface area contributed by atoms with Crippen LogP contribution >= 0.6 is 15.9 Å². The Kier molecular flexibility index (Phi) is 3.27. The van der Waals surface area contributed by atoms with Gasteiger partial charge in [-0.25, -0.2) is 0 Å². The normalized spacial score (nSPS) is 18.2. The van der Waals surface area contributed by atoms with Crippen LogP contribution in [0.5, 0.6) is 23.0 Å². The molecule has 0 radical (unpaired) electrons. The maximum absolute atomic E-state index is 6.36. The van der Waals surface area contributed by atoms with Gasteiger partial charge in [0.25, 0.3) is 0 Å². The summed E-state index contributed by atoms with van der Waals surface area (Å²) < 4.78 is 12.1. The topological polar surface area (TPSA) is 18.5 Å². The molecular weight excluding hydrogens is 412 g/mol. The second-order valence-electron chi connectivity index (χ2n) is 7.04. The largest absolute Gasteiger partial charge is 0.449 e. The van der Waals surface area contributed by atoms with Gasteiger partial charge in [-0.05, 0) is 40.5 Å². The highest BCUT2D eigenvalue weighted by atomic mass is 79.9. The van der Waals surface area contributed by atoms with E-state index in [0.29, 0.717) is 0 Å². The zero-order valence-electron chi connectivity index (χ0n) is 14.9. The fraction of sp³-hybridized carbons (Fsp3) is 0.0400. The van der Waals surface area contributed by atoms with Gasteiger partial charge in [0.1, 0.15) is 4.32 Å².